The molecule has 0 saturated heterocycles. The quantitative estimate of drug-likeness (QED) is 0.0272. The Morgan fingerprint density at radius 1 is 0.547 bits per heavy atom. The lowest BCUT2D eigenvalue weighted by molar-refractivity contribution is -0.870. The summed E-state index contributed by atoms with van der Waals surface area (Å²) in [5, 5.41) is 13.7. The van der Waals surface area contributed by atoms with Crippen LogP contribution in [-0.2, 0) is 18.4 Å². The number of hydrogen-bond donors (Lipinski definition) is 2. The molecule has 0 spiro atoms. The molecule has 8 nitrogen and oxygen atoms in total. The molecule has 0 radical (unpaired) electrons. The highest BCUT2D eigenvalue weighted by Crippen LogP contribution is 2.38. The van der Waals surface area contributed by atoms with Gasteiger partial charge in [-0.15, -0.1) is 0 Å². The summed E-state index contributed by atoms with van der Waals surface area (Å²) in [6.45, 7) is 4.50. The molecule has 0 aromatic heterocycles. The zero-order valence-electron chi connectivity index (χ0n) is 42.5. The SMILES string of the molecule is CCC/C=C/CC/C=C/C(O)C(COP(=O)([O-])OCC[N+](C)(C)C)NC(=O)CCCCCCCCCCCCCCCCCCCCCC/C=C\C/C=C\C/C=C\CCCCCCC. The third-order valence-corrected chi connectivity index (χ3v) is 12.6. The molecule has 0 aromatic rings. The predicted octanol–water partition coefficient (Wildman–Crippen LogP) is 15.1. The van der Waals surface area contributed by atoms with Crippen LogP contribution in [0.5, 0.6) is 0 Å². The second-order valence-electron chi connectivity index (χ2n) is 19.2. The van der Waals surface area contributed by atoms with E-state index in [-0.39, 0.29) is 12.5 Å². The second kappa shape index (κ2) is 46.3. The number of nitrogens with zero attached hydrogens (tertiary/aromatic N) is 1. The van der Waals surface area contributed by atoms with Gasteiger partial charge in [-0.25, -0.2) is 0 Å². The van der Waals surface area contributed by atoms with Gasteiger partial charge in [-0.1, -0.05) is 222 Å². The standard InChI is InChI=1S/C55H103N2O6P/c1-6-8-10-12-14-15-16-17-18-19-20-21-22-23-24-25-26-27-28-29-30-31-32-33-34-35-36-37-38-39-40-41-43-45-47-49-55(59)56-53(54(58)48-46-44-42-13-11-9-7-2)52-63-64(60,61)62-51-50-57(3,4)5/h11,13,16-17,19-20,22-23,46,48,53-54,58H,6-10,12,14-15,18,21,24-45,47,49-52H2,1-5H3,(H-,56,59,60,61)/b13-11+,17-16-,20-19-,23-22-,48-46+. The summed E-state index contributed by atoms with van der Waals surface area (Å²) >= 11 is 0. The number of carbonyl (C=O) groups is 1. The maximum absolute atomic E-state index is 12.8. The number of carbonyl (C=O) groups excluding carboxylic acids is 1. The number of allylic oxidation sites excluding steroid dienone is 9. The highest BCUT2D eigenvalue weighted by Gasteiger charge is 2.23. The zero-order valence-corrected chi connectivity index (χ0v) is 43.4. The average molecular weight is 919 g/mol. The van der Waals surface area contributed by atoms with Gasteiger partial charge < -0.3 is 28.8 Å². The molecule has 0 aromatic carbocycles. The van der Waals surface area contributed by atoms with Crippen LogP contribution in [0.2, 0.25) is 0 Å². The number of hydrogen-bond acceptors (Lipinski definition) is 6. The molecule has 3 unspecified atom stereocenters. The summed E-state index contributed by atoms with van der Waals surface area (Å²) in [4.78, 5) is 25.2. The van der Waals surface area contributed by atoms with Crippen molar-refractivity contribution in [3.63, 3.8) is 0 Å². The Kier molecular flexibility index (Phi) is 45.0. The number of quaternary nitrogens is 1. The Labute approximate surface area is 396 Å². The summed E-state index contributed by atoms with van der Waals surface area (Å²) < 4.78 is 23.1. The monoisotopic (exact) mass is 919 g/mol. The number of unbranched alkanes of at least 4 members (excludes halogenated alkanes) is 27. The number of aliphatic hydroxyl groups excluding tert-OH is 1. The number of likely N-dealkylation sites (N-methyl/N-ethyl adjacent to an activating group) is 1. The van der Waals surface area contributed by atoms with Crippen molar-refractivity contribution < 1.29 is 32.9 Å². The van der Waals surface area contributed by atoms with E-state index < -0.39 is 26.6 Å². The van der Waals surface area contributed by atoms with Crippen molar-refractivity contribution in [1.29, 1.82) is 0 Å². The van der Waals surface area contributed by atoms with Crippen LogP contribution in [0.1, 0.15) is 232 Å². The van der Waals surface area contributed by atoms with Gasteiger partial charge in [-0.3, -0.25) is 9.36 Å². The minimum Gasteiger partial charge on any atom is -0.756 e. The molecule has 0 heterocycles. The Hall–Kier alpha value is -1.80. The first-order valence-corrected chi connectivity index (χ1v) is 28.1. The van der Waals surface area contributed by atoms with Crippen molar-refractivity contribution in [2.45, 2.75) is 244 Å². The Morgan fingerprint density at radius 3 is 1.42 bits per heavy atom. The van der Waals surface area contributed by atoms with E-state index in [0.29, 0.717) is 17.4 Å². The van der Waals surface area contributed by atoms with E-state index in [1.54, 1.807) is 6.08 Å². The average Bonchev–Trinajstić information content (AvgIpc) is 3.25. The van der Waals surface area contributed by atoms with E-state index >= 15 is 0 Å². The van der Waals surface area contributed by atoms with Gasteiger partial charge in [-0.2, -0.15) is 0 Å². The van der Waals surface area contributed by atoms with Crippen LogP contribution in [0.25, 0.3) is 0 Å². The second-order valence-corrected chi connectivity index (χ2v) is 20.6. The summed E-state index contributed by atoms with van der Waals surface area (Å²) in [6, 6.07) is -0.900. The fraction of sp³-hybridized carbons (Fsp3) is 0.800. The van der Waals surface area contributed by atoms with Crippen LogP contribution in [0.4, 0.5) is 0 Å². The van der Waals surface area contributed by atoms with Crippen molar-refractivity contribution in [3.05, 3.63) is 60.8 Å². The molecule has 3 atom stereocenters. The molecule has 1 amide bonds. The smallest absolute Gasteiger partial charge is 0.268 e. The first kappa shape index (κ1) is 62.2. The summed E-state index contributed by atoms with van der Waals surface area (Å²) in [6.07, 6.45) is 62.0. The van der Waals surface area contributed by atoms with Crippen LogP contribution >= 0.6 is 7.82 Å². The van der Waals surface area contributed by atoms with E-state index in [2.05, 4.69) is 67.8 Å². The van der Waals surface area contributed by atoms with Gasteiger partial charge in [0, 0.05) is 6.42 Å². The summed E-state index contributed by atoms with van der Waals surface area (Å²) in [5.41, 5.74) is 0. The lowest BCUT2D eigenvalue weighted by Crippen LogP contribution is -2.45. The maximum atomic E-state index is 12.8. The van der Waals surface area contributed by atoms with Crippen molar-refractivity contribution in [1.82, 2.24) is 5.32 Å². The van der Waals surface area contributed by atoms with Gasteiger partial charge in [-0.05, 0) is 64.2 Å². The first-order chi connectivity index (χ1) is 31.0. The topological polar surface area (TPSA) is 108 Å². The molecule has 0 aliphatic heterocycles. The third kappa shape index (κ3) is 48.1. The highest BCUT2D eigenvalue weighted by molar-refractivity contribution is 7.45. The molecular formula is C55H103N2O6P. The van der Waals surface area contributed by atoms with E-state index in [1.807, 2.05) is 27.2 Å². The van der Waals surface area contributed by atoms with Crippen LogP contribution in [0.15, 0.2) is 60.8 Å². The van der Waals surface area contributed by atoms with E-state index in [9.17, 15) is 19.4 Å². The van der Waals surface area contributed by atoms with Gasteiger partial charge in [0.05, 0.1) is 39.9 Å². The number of aliphatic hydroxyl groups is 1. The molecule has 64 heavy (non-hydrogen) atoms. The van der Waals surface area contributed by atoms with Crippen LogP contribution in [0, 0.1) is 0 Å². The molecule has 9 heteroatoms. The number of phosphoric ester groups is 1. The molecule has 0 saturated carbocycles. The summed E-state index contributed by atoms with van der Waals surface area (Å²) in [5.74, 6) is -0.211. The molecule has 0 fully saturated rings. The zero-order chi connectivity index (χ0) is 47.1. The fourth-order valence-corrected chi connectivity index (χ4v) is 8.20. The number of amides is 1. The van der Waals surface area contributed by atoms with Crippen molar-refractivity contribution in [2.24, 2.45) is 0 Å². The van der Waals surface area contributed by atoms with Crippen molar-refractivity contribution in [3.8, 4) is 0 Å². The molecule has 0 bridgehead atoms. The molecule has 2 N–H and O–H groups in total. The minimum atomic E-state index is -4.59. The fourth-order valence-electron chi connectivity index (χ4n) is 7.48. The molecule has 0 aliphatic rings. The van der Waals surface area contributed by atoms with Crippen LogP contribution in [0.3, 0.4) is 0 Å². The van der Waals surface area contributed by atoms with Gasteiger partial charge in [0.15, 0.2) is 0 Å². The lowest BCUT2D eigenvalue weighted by Gasteiger charge is -2.29. The number of rotatable bonds is 48. The van der Waals surface area contributed by atoms with E-state index in [4.69, 9.17) is 9.05 Å². The Balaban J connectivity index is 3.85. The third-order valence-electron chi connectivity index (χ3n) is 11.7. The Bertz CT molecular complexity index is 1230. The van der Waals surface area contributed by atoms with Gasteiger partial charge in [0.25, 0.3) is 7.82 Å². The van der Waals surface area contributed by atoms with Crippen molar-refractivity contribution in [2.75, 3.05) is 40.9 Å². The van der Waals surface area contributed by atoms with Gasteiger partial charge in [0.1, 0.15) is 13.2 Å². The molecule has 0 rings (SSSR count). The highest BCUT2D eigenvalue weighted by atomic mass is 31.2. The molecule has 0 aliphatic carbocycles. The molecule has 374 valence electrons. The number of nitrogens with one attached hydrogen (secondary N) is 1. The lowest BCUT2D eigenvalue weighted by atomic mass is 10.0. The van der Waals surface area contributed by atoms with Crippen LogP contribution in [-0.4, -0.2) is 68.5 Å². The summed E-state index contributed by atoms with van der Waals surface area (Å²) in [7, 11) is 1.24. The predicted molar refractivity (Wildman–Crippen MR) is 274 cm³/mol. The van der Waals surface area contributed by atoms with Crippen LogP contribution < -0.4 is 10.2 Å². The van der Waals surface area contributed by atoms with Gasteiger partial charge in [0.2, 0.25) is 5.91 Å². The van der Waals surface area contributed by atoms with E-state index in [0.717, 1.165) is 57.8 Å². The largest absolute Gasteiger partial charge is 0.756 e. The minimum absolute atomic E-state index is 0.00746. The Morgan fingerprint density at radius 2 is 0.953 bits per heavy atom. The number of phosphoric acid groups is 1. The molecular weight excluding hydrogens is 816 g/mol. The van der Waals surface area contributed by atoms with Gasteiger partial charge >= 0.3 is 0 Å². The van der Waals surface area contributed by atoms with E-state index in [1.165, 1.54) is 154 Å². The normalized spacial score (nSPS) is 14.5. The first-order valence-electron chi connectivity index (χ1n) is 26.7. The maximum Gasteiger partial charge on any atom is 0.268 e. The van der Waals surface area contributed by atoms with Crippen molar-refractivity contribution >= 4 is 13.7 Å².